The summed E-state index contributed by atoms with van der Waals surface area (Å²) in [6, 6.07) is 6.09. The number of hydrogen-bond donors (Lipinski definition) is 1. The lowest BCUT2D eigenvalue weighted by molar-refractivity contribution is -0.117. The molecule has 1 aliphatic carbocycles. The topological polar surface area (TPSA) is 78.0 Å². The van der Waals surface area contributed by atoms with E-state index in [9.17, 15) is 14.0 Å². The van der Waals surface area contributed by atoms with E-state index in [1.165, 1.54) is 26.8 Å². The van der Waals surface area contributed by atoms with Gasteiger partial charge in [-0.2, -0.15) is 0 Å². The second kappa shape index (κ2) is 7.09. The van der Waals surface area contributed by atoms with E-state index in [0.29, 0.717) is 10.2 Å². The van der Waals surface area contributed by atoms with E-state index < -0.39 is 17.0 Å². The van der Waals surface area contributed by atoms with Crippen molar-refractivity contribution in [3.8, 4) is 5.69 Å². The van der Waals surface area contributed by atoms with Crippen LogP contribution in [0.5, 0.6) is 0 Å². The van der Waals surface area contributed by atoms with E-state index in [-0.39, 0.29) is 16.4 Å². The molecule has 2 N–H and O–H groups in total. The number of thiophene rings is 1. The lowest BCUT2D eigenvalue weighted by atomic mass is 9.97. The summed E-state index contributed by atoms with van der Waals surface area (Å²) in [6.07, 6.45) is 3.91. The second-order valence-corrected chi connectivity index (χ2v) is 8.93. The Bertz CT molecular complexity index is 1110. The van der Waals surface area contributed by atoms with Gasteiger partial charge in [-0.1, -0.05) is 23.9 Å². The SMILES string of the molecule is C[C@@H](Sc1nc2sc3c(c2c(=O)n1-c1ccccc1F)CCCC3)C(N)=O. The summed E-state index contributed by atoms with van der Waals surface area (Å²) in [5.74, 6) is -1.03. The monoisotopic (exact) mass is 403 g/mol. The molecule has 8 heteroatoms. The van der Waals surface area contributed by atoms with E-state index in [2.05, 4.69) is 4.98 Å². The first-order valence-corrected chi connectivity index (χ1v) is 10.4. The summed E-state index contributed by atoms with van der Waals surface area (Å²) in [7, 11) is 0. The Labute approximate surface area is 163 Å². The van der Waals surface area contributed by atoms with Crippen LogP contribution < -0.4 is 11.3 Å². The molecule has 2 aromatic heterocycles. The summed E-state index contributed by atoms with van der Waals surface area (Å²) >= 11 is 2.60. The molecule has 0 bridgehead atoms. The zero-order valence-corrected chi connectivity index (χ0v) is 16.3. The third kappa shape index (κ3) is 3.17. The van der Waals surface area contributed by atoms with Crippen LogP contribution >= 0.6 is 23.1 Å². The van der Waals surface area contributed by atoms with Crippen molar-refractivity contribution in [2.24, 2.45) is 5.73 Å². The van der Waals surface area contributed by atoms with Gasteiger partial charge in [-0.15, -0.1) is 11.3 Å². The van der Waals surface area contributed by atoms with Crippen LogP contribution in [0.3, 0.4) is 0 Å². The van der Waals surface area contributed by atoms with Gasteiger partial charge in [0.05, 0.1) is 16.3 Å². The van der Waals surface area contributed by atoms with Crippen LogP contribution in [0.2, 0.25) is 0 Å². The van der Waals surface area contributed by atoms with Crippen molar-refractivity contribution < 1.29 is 9.18 Å². The van der Waals surface area contributed by atoms with Crippen LogP contribution in [0, 0.1) is 5.82 Å². The first kappa shape index (κ1) is 18.2. The first-order chi connectivity index (χ1) is 13.0. The normalized spacial score (nSPS) is 14.9. The maximum Gasteiger partial charge on any atom is 0.267 e. The lowest BCUT2D eigenvalue weighted by Gasteiger charge is -2.15. The number of fused-ring (bicyclic) bond motifs is 3. The third-order valence-corrected chi connectivity index (χ3v) is 6.99. The maximum absolute atomic E-state index is 14.5. The summed E-state index contributed by atoms with van der Waals surface area (Å²) in [4.78, 5) is 31.4. The highest BCUT2D eigenvalue weighted by Crippen LogP contribution is 2.35. The Kier molecular flexibility index (Phi) is 4.77. The van der Waals surface area contributed by atoms with Crippen molar-refractivity contribution in [1.82, 2.24) is 9.55 Å². The molecular weight excluding hydrogens is 385 g/mol. The molecule has 1 atom stereocenters. The number of benzene rings is 1. The minimum atomic E-state index is -0.595. The molecule has 1 aromatic carbocycles. The Morgan fingerprint density at radius 1 is 1.33 bits per heavy atom. The summed E-state index contributed by atoms with van der Waals surface area (Å²) in [5, 5.41) is 0.262. The largest absolute Gasteiger partial charge is 0.369 e. The average molecular weight is 404 g/mol. The molecule has 5 nitrogen and oxygen atoms in total. The molecule has 0 aliphatic heterocycles. The fourth-order valence-electron chi connectivity index (χ4n) is 3.33. The number of amides is 1. The predicted octanol–water partition coefficient (Wildman–Crippen LogP) is 3.43. The fourth-order valence-corrected chi connectivity index (χ4v) is 5.50. The number of thioether (sulfide) groups is 1. The van der Waals surface area contributed by atoms with Gasteiger partial charge in [-0.05, 0) is 50.3 Å². The highest BCUT2D eigenvalue weighted by Gasteiger charge is 2.25. The van der Waals surface area contributed by atoms with E-state index in [1.807, 2.05) is 0 Å². The van der Waals surface area contributed by atoms with Crippen molar-refractivity contribution in [2.75, 3.05) is 0 Å². The molecule has 0 saturated heterocycles. The lowest BCUT2D eigenvalue weighted by Crippen LogP contribution is -2.27. The third-order valence-electron chi connectivity index (χ3n) is 4.73. The highest BCUT2D eigenvalue weighted by molar-refractivity contribution is 8.00. The standard InChI is InChI=1S/C19H18FN3O2S2/c1-10(16(21)24)26-19-22-17-15(11-6-2-5-9-14(11)27-17)18(25)23(19)13-8-4-3-7-12(13)20/h3-4,7-8,10H,2,5-6,9H2,1H3,(H2,21,24)/t10-/m1/s1. The molecule has 0 spiro atoms. The molecular formula is C19H18FN3O2S2. The molecule has 2 heterocycles. The summed E-state index contributed by atoms with van der Waals surface area (Å²) in [6.45, 7) is 1.65. The number of halogens is 1. The Hall–Kier alpha value is -2.19. The van der Waals surface area contributed by atoms with Gasteiger partial charge in [0.2, 0.25) is 5.91 Å². The molecule has 140 valence electrons. The van der Waals surface area contributed by atoms with E-state index in [1.54, 1.807) is 25.1 Å². The molecule has 0 unspecified atom stereocenters. The number of nitrogens with zero attached hydrogens (tertiary/aromatic N) is 2. The Morgan fingerprint density at radius 3 is 2.81 bits per heavy atom. The number of aryl methyl sites for hydroxylation is 2. The van der Waals surface area contributed by atoms with Crippen molar-refractivity contribution in [3.05, 3.63) is 50.9 Å². The number of rotatable bonds is 4. The number of nitrogens with two attached hydrogens (primary N) is 1. The van der Waals surface area contributed by atoms with Gasteiger partial charge in [-0.3, -0.25) is 14.2 Å². The van der Waals surface area contributed by atoms with Crippen LogP contribution in [0.25, 0.3) is 15.9 Å². The van der Waals surface area contributed by atoms with Gasteiger partial charge < -0.3 is 5.73 Å². The van der Waals surface area contributed by atoms with Crippen molar-refractivity contribution in [1.29, 1.82) is 0 Å². The van der Waals surface area contributed by atoms with Gasteiger partial charge in [0.1, 0.15) is 10.6 Å². The number of para-hydroxylation sites is 1. The molecule has 1 aliphatic rings. The van der Waals surface area contributed by atoms with Crippen LogP contribution in [-0.2, 0) is 17.6 Å². The van der Waals surface area contributed by atoms with E-state index >= 15 is 0 Å². The fraction of sp³-hybridized carbons (Fsp3) is 0.316. The summed E-state index contributed by atoms with van der Waals surface area (Å²) < 4.78 is 15.8. The Morgan fingerprint density at radius 2 is 2.07 bits per heavy atom. The molecule has 4 rings (SSSR count). The van der Waals surface area contributed by atoms with E-state index in [4.69, 9.17) is 5.73 Å². The predicted molar refractivity (Wildman–Crippen MR) is 106 cm³/mol. The molecule has 27 heavy (non-hydrogen) atoms. The number of carbonyl (C=O) groups is 1. The first-order valence-electron chi connectivity index (χ1n) is 8.75. The zero-order chi connectivity index (χ0) is 19.1. The van der Waals surface area contributed by atoms with Crippen LogP contribution in [0.1, 0.15) is 30.2 Å². The minimum Gasteiger partial charge on any atom is -0.369 e. The smallest absolute Gasteiger partial charge is 0.267 e. The van der Waals surface area contributed by atoms with Crippen LogP contribution in [0.15, 0.2) is 34.2 Å². The van der Waals surface area contributed by atoms with Crippen LogP contribution in [-0.4, -0.2) is 20.7 Å². The molecule has 3 aromatic rings. The van der Waals surface area contributed by atoms with Gasteiger partial charge in [0.25, 0.3) is 5.56 Å². The van der Waals surface area contributed by atoms with E-state index in [0.717, 1.165) is 43.0 Å². The van der Waals surface area contributed by atoms with Crippen molar-refractivity contribution in [3.63, 3.8) is 0 Å². The van der Waals surface area contributed by atoms with Gasteiger partial charge in [-0.25, -0.2) is 9.37 Å². The molecule has 1 amide bonds. The summed E-state index contributed by atoms with van der Waals surface area (Å²) in [5.41, 5.74) is 6.27. The van der Waals surface area contributed by atoms with Crippen LogP contribution in [0.4, 0.5) is 4.39 Å². The zero-order valence-electron chi connectivity index (χ0n) is 14.7. The Balaban J connectivity index is 2.02. The van der Waals surface area contributed by atoms with Crippen molar-refractivity contribution in [2.45, 2.75) is 43.0 Å². The molecule has 0 radical (unpaired) electrons. The second-order valence-electron chi connectivity index (χ2n) is 6.54. The number of hydrogen-bond acceptors (Lipinski definition) is 5. The van der Waals surface area contributed by atoms with Gasteiger partial charge in [0, 0.05) is 4.88 Å². The quantitative estimate of drug-likeness (QED) is 0.535. The van der Waals surface area contributed by atoms with Gasteiger partial charge in [0.15, 0.2) is 5.16 Å². The molecule has 0 saturated carbocycles. The molecule has 0 fully saturated rings. The number of carbonyl (C=O) groups excluding carboxylic acids is 1. The number of primary amides is 1. The maximum atomic E-state index is 14.5. The average Bonchev–Trinajstić information content (AvgIpc) is 3.01. The highest BCUT2D eigenvalue weighted by atomic mass is 32.2. The minimum absolute atomic E-state index is 0.131. The number of aromatic nitrogens is 2. The van der Waals surface area contributed by atoms with Gasteiger partial charge >= 0.3 is 0 Å². The van der Waals surface area contributed by atoms with Crippen molar-refractivity contribution >= 4 is 39.2 Å².